The summed E-state index contributed by atoms with van der Waals surface area (Å²) in [5.41, 5.74) is 4.06. The van der Waals surface area contributed by atoms with Gasteiger partial charge in [-0.05, 0) is 54.9 Å². The van der Waals surface area contributed by atoms with Gasteiger partial charge in [-0.3, -0.25) is 4.90 Å². The van der Waals surface area contributed by atoms with Crippen LogP contribution in [0.2, 0.25) is 0 Å². The summed E-state index contributed by atoms with van der Waals surface area (Å²) in [4.78, 5) is 6.03. The number of fused-ring (bicyclic) bond motifs is 5. The number of ether oxygens (including phenoxy) is 2. The molecule has 1 N–H and O–H groups in total. The number of aromatic nitrogens is 1. The van der Waals surface area contributed by atoms with Crippen LogP contribution in [-0.4, -0.2) is 37.0 Å². The number of allylic oxidation sites excluding steroid dienone is 1. The highest BCUT2D eigenvalue weighted by Crippen LogP contribution is 2.46. The molecule has 0 amide bonds. The van der Waals surface area contributed by atoms with Crippen LogP contribution in [0.15, 0.2) is 30.0 Å². The molecule has 0 bridgehead atoms. The van der Waals surface area contributed by atoms with Crippen LogP contribution >= 0.6 is 0 Å². The number of hydrogen-bond acceptors (Lipinski definition) is 3. The highest BCUT2D eigenvalue weighted by atomic mass is 16.5. The van der Waals surface area contributed by atoms with E-state index in [-0.39, 0.29) is 12.0 Å². The zero-order chi connectivity index (χ0) is 23.3. The van der Waals surface area contributed by atoms with Crippen LogP contribution in [0.4, 0.5) is 0 Å². The summed E-state index contributed by atoms with van der Waals surface area (Å²) >= 11 is 0. The fourth-order valence-corrected chi connectivity index (χ4v) is 5.02. The van der Waals surface area contributed by atoms with Gasteiger partial charge in [0, 0.05) is 29.7 Å². The summed E-state index contributed by atoms with van der Waals surface area (Å²) in [7, 11) is -4.95. The van der Waals surface area contributed by atoms with Gasteiger partial charge in [0.1, 0.15) is 5.75 Å². The Hall–Kier alpha value is -1.94. The molecule has 140 valence electrons. The molecule has 4 heteroatoms. The van der Waals surface area contributed by atoms with Crippen molar-refractivity contribution in [2.75, 3.05) is 27.2 Å². The van der Waals surface area contributed by atoms with Gasteiger partial charge in [0.25, 0.3) is 0 Å². The van der Waals surface area contributed by atoms with Gasteiger partial charge in [0.05, 0.1) is 34.6 Å². The lowest BCUT2D eigenvalue weighted by Gasteiger charge is -2.46. The van der Waals surface area contributed by atoms with E-state index in [0.717, 1.165) is 60.1 Å². The minimum Gasteiger partial charge on any atom is -0.504 e. The number of nitrogens with one attached hydrogen (secondary N) is 1. The van der Waals surface area contributed by atoms with E-state index in [1.165, 1.54) is 6.26 Å². The average Bonchev–Trinajstić information content (AvgIpc) is 3.09. The Bertz CT molecular complexity index is 1010. The highest BCUT2D eigenvalue weighted by molar-refractivity contribution is 5.91. The van der Waals surface area contributed by atoms with Crippen LogP contribution in [0.5, 0.6) is 5.75 Å². The van der Waals surface area contributed by atoms with Crippen molar-refractivity contribution in [2.24, 2.45) is 11.8 Å². The summed E-state index contributed by atoms with van der Waals surface area (Å²) in [5, 5.41) is 0.852. The van der Waals surface area contributed by atoms with Crippen molar-refractivity contribution >= 4 is 10.9 Å². The molecular formula is C22H30N2O2. The van der Waals surface area contributed by atoms with Gasteiger partial charge < -0.3 is 14.5 Å². The van der Waals surface area contributed by atoms with E-state index in [4.69, 9.17) is 17.7 Å². The Morgan fingerprint density at radius 1 is 1.42 bits per heavy atom. The number of aromatic amines is 1. The van der Waals surface area contributed by atoms with E-state index in [0.29, 0.717) is 11.7 Å². The summed E-state index contributed by atoms with van der Waals surface area (Å²) in [5.74, 6) is 1.01. The first-order chi connectivity index (χ1) is 15.0. The number of hydrogen-bond donors (Lipinski definition) is 1. The van der Waals surface area contributed by atoms with Gasteiger partial charge in [-0.15, -0.1) is 0 Å². The van der Waals surface area contributed by atoms with Crippen molar-refractivity contribution < 1.29 is 17.7 Å². The molecule has 3 atom stereocenters. The Labute approximate surface area is 164 Å². The Morgan fingerprint density at radius 2 is 2.35 bits per heavy atom. The predicted octanol–water partition coefficient (Wildman–Crippen LogP) is 4.67. The maximum absolute atomic E-state index is 7.52. The van der Waals surface area contributed by atoms with Crippen LogP contribution in [0.1, 0.15) is 52.2 Å². The maximum Gasteiger partial charge on any atom is 0.128 e. The van der Waals surface area contributed by atoms with Crippen LogP contribution in [0, 0.1) is 11.8 Å². The monoisotopic (exact) mass is 360 g/mol. The van der Waals surface area contributed by atoms with Gasteiger partial charge in [0.2, 0.25) is 0 Å². The second-order valence-corrected chi connectivity index (χ2v) is 7.55. The second kappa shape index (κ2) is 6.99. The first-order valence-corrected chi connectivity index (χ1v) is 9.38. The zero-order valence-electron chi connectivity index (χ0n) is 21.3. The minimum atomic E-state index is -2.51. The van der Waals surface area contributed by atoms with Crippen molar-refractivity contribution in [1.29, 1.82) is 0 Å². The topological polar surface area (TPSA) is 37.5 Å². The van der Waals surface area contributed by atoms with E-state index in [1.807, 2.05) is 13.0 Å². The normalized spacial score (nSPS) is 30.8. The first kappa shape index (κ1) is 11.7. The lowest BCUT2D eigenvalue weighted by Crippen LogP contribution is -2.46. The van der Waals surface area contributed by atoms with Crippen LogP contribution < -0.4 is 4.74 Å². The van der Waals surface area contributed by atoms with Crippen LogP contribution in [-0.2, 0) is 11.2 Å². The molecule has 1 saturated heterocycles. The lowest BCUT2D eigenvalue weighted by molar-refractivity contribution is 0.0625. The average molecular weight is 361 g/mol. The van der Waals surface area contributed by atoms with Crippen LogP contribution in [0.3, 0.4) is 0 Å². The van der Waals surface area contributed by atoms with Crippen molar-refractivity contribution in [3.8, 4) is 5.75 Å². The number of benzene rings is 1. The molecule has 4 nitrogen and oxygen atoms in total. The summed E-state index contributed by atoms with van der Waals surface area (Å²) in [6.07, 6.45) is 4.09. The number of methoxy groups -OCH3 is 2. The first-order valence-electron chi connectivity index (χ1n) is 12.4. The molecule has 26 heavy (non-hydrogen) atoms. The molecule has 2 aliphatic heterocycles. The highest BCUT2D eigenvalue weighted by Gasteiger charge is 2.40. The van der Waals surface area contributed by atoms with Crippen molar-refractivity contribution in [3.05, 3.63) is 41.3 Å². The molecular weight excluding hydrogens is 324 g/mol. The maximum atomic E-state index is 7.52. The third-order valence-electron chi connectivity index (χ3n) is 6.32. The van der Waals surface area contributed by atoms with Gasteiger partial charge in [-0.2, -0.15) is 0 Å². The fraction of sp³-hybridized carbons (Fsp3) is 0.545. The second-order valence-electron chi connectivity index (χ2n) is 7.55. The molecule has 4 rings (SSSR count). The molecule has 2 aromatic rings. The largest absolute Gasteiger partial charge is 0.504 e. The molecule has 2 aliphatic rings. The molecule has 1 aromatic carbocycles. The number of rotatable bonds is 4. The van der Waals surface area contributed by atoms with E-state index >= 15 is 0 Å². The lowest BCUT2D eigenvalue weighted by atomic mass is 9.74. The Kier molecular flexibility index (Phi) is 3.15. The zero-order valence-corrected chi connectivity index (χ0v) is 15.3. The van der Waals surface area contributed by atoms with Gasteiger partial charge in [-0.1, -0.05) is 19.4 Å². The summed E-state index contributed by atoms with van der Waals surface area (Å²) in [6, 6.07) is 5.62. The van der Waals surface area contributed by atoms with Crippen LogP contribution in [0.25, 0.3) is 10.9 Å². The smallest absolute Gasteiger partial charge is 0.128 e. The number of piperidine rings is 1. The fourth-order valence-electron chi connectivity index (χ4n) is 5.02. The quantitative estimate of drug-likeness (QED) is 0.805. The Morgan fingerprint density at radius 3 is 3.15 bits per heavy atom. The molecule has 1 fully saturated rings. The molecule has 3 heterocycles. The predicted molar refractivity (Wildman–Crippen MR) is 106 cm³/mol. The van der Waals surface area contributed by atoms with Gasteiger partial charge in [-0.25, -0.2) is 0 Å². The van der Waals surface area contributed by atoms with E-state index in [9.17, 15) is 0 Å². The molecule has 0 saturated carbocycles. The molecule has 0 radical (unpaired) electrons. The van der Waals surface area contributed by atoms with Crippen molar-refractivity contribution in [1.82, 2.24) is 9.88 Å². The number of H-pyrrole nitrogens is 1. The minimum absolute atomic E-state index is 0.149. The third kappa shape index (κ3) is 2.71. The molecule has 1 aromatic heterocycles. The van der Waals surface area contributed by atoms with E-state index in [2.05, 4.69) is 16.8 Å². The SMILES string of the molecule is [2H]C([2H])([2H])O/C=C(/C)[C@H]1C[C@H]2c3[nH]c4cccc(OC([2H])([2H])[2H])c4c3CCN2C[C@H]1CC. The van der Waals surface area contributed by atoms with E-state index in [1.54, 1.807) is 12.1 Å². The molecule has 0 aliphatic carbocycles. The van der Waals surface area contributed by atoms with Gasteiger partial charge >= 0.3 is 0 Å². The van der Waals surface area contributed by atoms with E-state index < -0.39 is 14.1 Å². The third-order valence-corrected chi connectivity index (χ3v) is 6.32. The van der Waals surface area contributed by atoms with Crippen molar-refractivity contribution in [2.45, 2.75) is 39.2 Å². The molecule has 0 unspecified atom stereocenters. The standard InChI is InChI=1S/C22H30N2O2/c1-5-15-12-24-10-9-16-21-18(7-6-8-20(21)26-4)23-22(16)19(24)11-17(15)14(2)13-25-3/h6-8,13,15,17,19,23H,5,9-12H2,1-4H3/b14-13-/t15-,17-,19+/m1/s1/i3D3,4D3. The number of nitrogens with zero attached hydrogens (tertiary/aromatic N) is 1. The van der Waals surface area contributed by atoms with Gasteiger partial charge in [0.15, 0.2) is 0 Å². The Balaban J connectivity index is 1.69. The van der Waals surface area contributed by atoms with Crippen molar-refractivity contribution in [3.63, 3.8) is 0 Å². The summed E-state index contributed by atoms with van der Waals surface area (Å²) in [6.45, 7) is 5.95. The molecule has 0 spiro atoms. The summed E-state index contributed by atoms with van der Waals surface area (Å²) < 4.78 is 54.8.